The number of hydrogen-bond acceptors (Lipinski definition) is 4. The lowest BCUT2D eigenvalue weighted by Gasteiger charge is -2.03. The third kappa shape index (κ3) is 2.04. The summed E-state index contributed by atoms with van der Waals surface area (Å²) in [6, 6.07) is 6.04. The molecule has 0 saturated heterocycles. The molecule has 15 heavy (non-hydrogen) atoms. The SMILES string of the molecule is CCCOc1cccc2sc(NC)nc12. The zero-order valence-electron chi connectivity index (χ0n) is 8.91. The van der Waals surface area contributed by atoms with Gasteiger partial charge in [0.15, 0.2) is 5.13 Å². The summed E-state index contributed by atoms with van der Waals surface area (Å²) in [6.07, 6.45) is 1.01. The summed E-state index contributed by atoms with van der Waals surface area (Å²) in [5, 5.41) is 3.98. The number of thiazole rings is 1. The summed E-state index contributed by atoms with van der Waals surface area (Å²) < 4.78 is 6.80. The van der Waals surface area contributed by atoms with Gasteiger partial charge in [-0.2, -0.15) is 0 Å². The van der Waals surface area contributed by atoms with Gasteiger partial charge in [-0.1, -0.05) is 24.3 Å². The van der Waals surface area contributed by atoms with E-state index in [-0.39, 0.29) is 0 Å². The van der Waals surface area contributed by atoms with Crippen LogP contribution in [0.25, 0.3) is 10.2 Å². The maximum absolute atomic E-state index is 5.64. The molecule has 0 bridgehead atoms. The molecule has 0 unspecified atom stereocenters. The molecule has 0 aliphatic heterocycles. The van der Waals surface area contributed by atoms with Crippen LogP contribution in [0.4, 0.5) is 5.13 Å². The first kappa shape index (κ1) is 10.2. The smallest absolute Gasteiger partial charge is 0.183 e. The normalized spacial score (nSPS) is 10.5. The Balaban J connectivity index is 2.40. The van der Waals surface area contributed by atoms with Crippen LogP contribution < -0.4 is 10.1 Å². The van der Waals surface area contributed by atoms with Crippen LogP contribution in [-0.4, -0.2) is 18.6 Å². The van der Waals surface area contributed by atoms with E-state index >= 15 is 0 Å². The van der Waals surface area contributed by atoms with Crippen LogP contribution in [0.3, 0.4) is 0 Å². The number of benzene rings is 1. The van der Waals surface area contributed by atoms with Gasteiger partial charge in [-0.15, -0.1) is 0 Å². The lowest BCUT2D eigenvalue weighted by atomic mass is 10.3. The van der Waals surface area contributed by atoms with E-state index in [1.807, 2.05) is 19.2 Å². The fourth-order valence-corrected chi connectivity index (χ4v) is 2.20. The standard InChI is InChI=1S/C11H14N2OS/c1-3-7-14-8-5-4-6-9-10(8)13-11(12-2)15-9/h4-6H,3,7H2,1-2H3,(H,12,13). The minimum absolute atomic E-state index is 0.742. The average Bonchev–Trinajstić information content (AvgIpc) is 2.69. The van der Waals surface area contributed by atoms with E-state index in [4.69, 9.17) is 4.74 Å². The molecule has 1 aromatic carbocycles. The van der Waals surface area contributed by atoms with Gasteiger partial charge in [-0.25, -0.2) is 4.98 Å². The van der Waals surface area contributed by atoms with Crippen LogP contribution in [0.2, 0.25) is 0 Å². The molecule has 1 heterocycles. The van der Waals surface area contributed by atoms with Gasteiger partial charge in [-0.05, 0) is 18.6 Å². The van der Waals surface area contributed by atoms with Crippen molar-refractivity contribution in [3.8, 4) is 5.75 Å². The Morgan fingerprint density at radius 3 is 3.07 bits per heavy atom. The van der Waals surface area contributed by atoms with E-state index < -0.39 is 0 Å². The molecule has 4 heteroatoms. The van der Waals surface area contributed by atoms with Gasteiger partial charge in [0, 0.05) is 7.05 Å². The second-order valence-corrected chi connectivity index (χ2v) is 4.25. The van der Waals surface area contributed by atoms with E-state index in [0.717, 1.165) is 34.1 Å². The Bertz CT molecular complexity index is 453. The second kappa shape index (κ2) is 4.49. The quantitative estimate of drug-likeness (QED) is 0.863. The molecule has 0 amide bonds. The Kier molecular flexibility index (Phi) is 3.06. The highest BCUT2D eigenvalue weighted by molar-refractivity contribution is 7.22. The highest BCUT2D eigenvalue weighted by Gasteiger charge is 2.07. The summed E-state index contributed by atoms with van der Waals surface area (Å²) in [7, 11) is 1.88. The predicted octanol–water partition coefficient (Wildman–Crippen LogP) is 3.13. The van der Waals surface area contributed by atoms with Crippen molar-refractivity contribution >= 4 is 26.7 Å². The molecule has 0 radical (unpaired) electrons. The molecule has 1 aromatic heterocycles. The van der Waals surface area contributed by atoms with E-state index in [0.29, 0.717) is 0 Å². The zero-order chi connectivity index (χ0) is 10.7. The highest BCUT2D eigenvalue weighted by atomic mass is 32.1. The van der Waals surface area contributed by atoms with Crippen molar-refractivity contribution in [3.63, 3.8) is 0 Å². The van der Waals surface area contributed by atoms with Gasteiger partial charge >= 0.3 is 0 Å². The van der Waals surface area contributed by atoms with Crippen molar-refractivity contribution in [1.29, 1.82) is 0 Å². The van der Waals surface area contributed by atoms with E-state index in [2.05, 4.69) is 23.3 Å². The first-order chi connectivity index (χ1) is 7.35. The second-order valence-electron chi connectivity index (χ2n) is 3.22. The van der Waals surface area contributed by atoms with Crippen molar-refractivity contribution < 1.29 is 4.74 Å². The van der Waals surface area contributed by atoms with Crippen LogP contribution >= 0.6 is 11.3 Å². The van der Waals surface area contributed by atoms with Crippen molar-refractivity contribution in [2.45, 2.75) is 13.3 Å². The van der Waals surface area contributed by atoms with Crippen LogP contribution in [-0.2, 0) is 0 Å². The molecule has 0 spiro atoms. The van der Waals surface area contributed by atoms with Crippen molar-refractivity contribution in [2.24, 2.45) is 0 Å². The topological polar surface area (TPSA) is 34.1 Å². The molecule has 80 valence electrons. The van der Waals surface area contributed by atoms with Crippen molar-refractivity contribution in [3.05, 3.63) is 18.2 Å². The molecule has 0 saturated carbocycles. The Labute approximate surface area is 93.1 Å². The zero-order valence-corrected chi connectivity index (χ0v) is 9.73. The monoisotopic (exact) mass is 222 g/mol. The van der Waals surface area contributed by atoms with Crippen LogP contribution in [0, 0.1) is 0 Å². The average molecular weight is 222 g/mol. The number of hydrogen-bond donors (Lipinski definition) is 1. The number of para-hydroxylation sites is 1. The third-order valence-electron chi connectivity index (χ3n) is 2.06. The summed E-state index contributed by atoms with van der Waals surface area (Å²) in [5.74, 6) is 0.882. The van der Waals surface area contributed by atoms with E-state index in [9.17, 15) is 0 Å². The fourth-order valence-electron chi connectivity index (χ4n) is 1.36. The number of anilines is 1. The minimum Gasteiger partial charge on any atom is -0.491 e. The van der Waals surface area contributed by atoms with Crippen LogP contribution in [0.5, 0.6) is 5.75 Å². The molecule has 1 N–H and O–H groups in total. The molecule has 2 aromatic rings. The molecule has 3 nitrogen and oxygen atoms in total. The fraction of sp³-hybridized carbons (Fsp3) is 0.364. The Morgan fingerprint density at radius 1 is 1.47 bits per heavy atom. The first-order valence-electron chi connectivity index (χ1n) is 5.05. The first-order valence-corrected chi connectivity index (χ1v) is 5.87. The summed E-state index contributed by atoms with van der Waals surface area (Å²) in [6.45, 7) is 2.84. The predicted molar refractivity (Wildman–Crippen MR) is 65.0 cm³/mol. The molecule has 0 fully saturated rings. The number of fused-ring (bicyclic) bond motifs is 1. The van der Waals surface area contributed by atoms with Crippen molar-refractivity contribution in [2.75, 3.05) is 19.0 Å². The summed E-state index contributed by atoms with van der Waals surface area (Å²) in [4.78, 5) is 4.47. The number of rotatable bonds is 4. The minimum atomic E-state index is 0.742. The largest absolute Gasteiger partial charge is 0.491 e. The molecule has 2 rings (SSSR count). The number of nitrogens with one attached hydrogen (secondary N) is 1. The molecule has 0 aliphatic carbocycles. The Morgan fingerprint density at radius 2 is 2.33 bits per heavy atom. The lowest BCUT2D eigenvalue weighted by Crippen LogP contribution is -1.95. The summed E-state index contributed by atoms with van der Waals surface area (Å²) in [5.41, 5.74) is 0.959. The van der Waals surface area contributed by atoms with Gasteiger partial charge in [0.25, 0.3) is 0 Å². The molecular weight excluding hydrogens is 208 g/mol. The maximum Gasteiger partial charge on any atom is 0.183 e. The number of nitrogens with zero attached hydrogens (tertiary/aromatic N) is 1. The molecule has 0 aliphatic rings. The van der Waals surface area contributed by atoms with E-state index in [1.165, 1.54) is 0 Å². The third-order valence-corrected chi connectivity index (χ3v) is 3.10. The highest BCUT2D eigenvalue weighted by Crippen LogP contribution is 2.31. The molecule has 0 atom stereocenters. The van der Waals surface area contributed by atoms with Gasteiger partial charge < -0.3 is 10.1 Å². The number of ether oxygens (including phenoxy) is 1. The van der Waals surface area contributed by atoms with Crippen LogP contribution in [0.1, 0.15) is 13.3 Å². The van der Waals surface area contributed by atoms with Gasteiger partial charge in [0.2, 0.25) is 0 Å². The number of aromatic nitrogens is 1. The van der Waals surface area contributed by atoms with Crippen LogP contribution in [0.15, 0.2) is 18.2 Å². The van der Waals surface area contributed by atoms with E-state index in [1.54, 1.807) is 11.3 Å². The van der Waals surface area contributed by atoms with Crippen molar-refractivity contribution in [1.82, 2.24) is 4.98 Å². The molecular formula is C11H14N2OS. The summed E-state index contributed by atoms with van der Waals surface area (Å²) >= 11 is 1.64. The maximum atomic E-state index is 5.64. The lowest BCUT2D eigenvalue weighted by molar-refractivity contribution is 0.320. The van der Waals surface area contributed by atoms with Gasteiger partial charge in [0.1, 0.15) is 11.3 Å². The van der Waals surface area contributed by atoms with Gasteiger partial charge in [-0.3, -0.25) is 0 Å². The van der Waals surface area contributed by atoms with Gasteiger partial charge in [0.05, 0.1) is 11.3 Å². The Hall–Kier alpha value is -1.29.